The van der Waals surface area contributed by atoms with E-state index in [2.05, 4.69) is 22.5 Å². The summed E-state index contributed by atoms with van der Waals surface area (Å²) in [5.74, 6) is -0.854. The van der Waals surface area contributed by atoms with Crippen LogP contribution in [0.3, 0.4) is 0 Å². The fourth-order valence-electron chi connectivity index (χ4n) is 0.970. The Balaban J connectivity index is 2.78. The fourth-order valence-corrected chi connectivity index (χ4v) is 1.23. The first-order valence-corrected chi connectivity index (χ1v) is 4.54. The second-order valence-corrected chi connectivity index (χ2v) is 3.60. The molecule has 0 saturated heterocycles. The Morgan fingerprint density at radius 2 is 1.92 bits per heavy atom. The number of hydrogen-bond donors (Lipinski definition) is 1. The van der Waals surface area contributed by atoms with E-state index in [1.807, 2.05) is 24.3 Å². The molecule has 0 atom stereocenters. The van der Waals surface area contributed by atoms with Gasteiger partial charge in [-0.15, -0.1) is 0 Å². The minimum Gasteiger partial charge on any atom is -0.481 e. The van der Waals surface area contributed by atoms with Crippen molar-refractivity contribution >= 4 is 27.5 Å². The highest BCUT2D eigenvalue weighted by molar-refractivity contribution is 9.10. The van der Waals surface area contributed by atoms with E-state index in [-0.39, 0.29) is 6.42 Å². The second kappa shape index (κ2) is 4.23. The van der Waals surface area contributed by atoms with Crippen LogP contribution in [0, 0.1) is 0 Å². The van der Waals surface area contributed by atoms with Gasteiger partial charge in [-0.3, -0.25) is 4.79 Å². The maximum atomic E-state index is 10.4. The summed E-state index contributed by atoms with van der Waals surface area (Å²) in [5, 5.41) is 8.53. The third kappa shape index (κ3) is 3.03. The van der Waals surface area contributed by atoms with Gasteiger partial charge < -0.3 is 5.11 Å². The highest BCUT2D eigenvalue weighted by Gasteiger charge is 2.03. The summed E-state index contributed by atoms with van der Waals surface area (Å²) in [4.78, 5) is 10.4. The predicted octanol–water partition coefficient (Wildman–Crippen LogP) is 2.94. The molecule has 1 aromatic carbocycles. The highest BCUT2D eigenvalue weighted by atomic mass is 79.9. The SMILES string of the molecule is C=C(CC(=O)O)c1ccc(Br)cc1. The van der Waals surface area contributed by atoms with Crippen LogP contribution in [0.2, 0.25) is 0 Å². The normalized spacial score (nSPS) is 9.62. The molecule has 0 heterocycles. The molecule has 1 rings (SSSR count). The zero-order chi connectivity index (χ0) is 9.84. The highest BCUT2D eigenvalue weighted by Crippen LogP contribution is 2.18. The van der Waals surface area contributed by atoms with Gasteiger partial charge in [0, 0.05) is 4.47 Å². The second-order valence-electron chi connectivity index (χ2n) is 2.68. The van der Waals surface area contributed by atoms with Gasteiger partial charge in [0.25, 0.3) is 0 Å². The molecule has 1 N–H and O–H groups in total. The topological polar surface area (TPSA) is 37.3 Å². The summed E-state index contributed by atoms with van der Waals surface area (Å²) in [6.07, 6.45) is -0.0123. The summed E-state index contributed by atoms with van der Waals surface area (Å²) in [6, 6.07) is 7.41. The lowest BCUT2D eigenvalue weighted by molar-refractivity contribution is -0.135. The number of carbonyl (C=O) groups is 1. The van der Waals surface area contributed by atoms with Gasteiger partial charge in [0.2, 0.25) is 0 Å². The van der Waals surface area contributed by atoms with Crippen LogP contribution in [0.4, 0.5) is 0 Å². The van der Waals surface area contributed by atoms with Crippen molar-refractivity contribution in [2.24, 2.45) is 0 Å². The van der Waals surface area contributed by atoms with Gasteiger partial charge in [-0.1, -0.05) is 34.6 Å². The van der Waals surface area contributed by atoms with E-state index in [0.29, 0.717) is 5.57 Å². The minimum absolute atomic E-state index is 0.0123. The Kier molecular flexibility index (Phi) is 3.25. The van der Waals surface area contributed by atoms with E-state index < -0.39 is 5.97 Å². The molecule has 0 radical (unpaired) electrons. The Hall–Kier alpha value is -1.09. The van der Waals surface area contributed by atoms with E-state index in [1.54, 1.807) is 0 Å². The Bertz CT molecular complexity index is 327. The molecule has 0 fully saturated rings. The van der Waals surface area contributed by atoms with Crippen molar-refractivity contribution in [3.05, 3.63) is 40.9 Å². The van der Waals surface area contributed by atoms with Crippen LogP contribution in [0.25, 0.3) is 5.57 Å². The zero-order valence-corrected chi connectivity index (χ0v) is 8.54. The first-order valence-electron chi connectivity index (χ1n) is 3.75. The largest absolute Gasteiger partial charge is 0.481 e. The van der Waals surface area contributed by atoms with Crippen LogP contribution in [0.1, 0.15) is 12.0 Å². The molecule has 0 aliphatic heterocycles. The number of halogens is 1. The molecule has 3 heteroatoms. The Labute approximate surface area is 85.0 Å². The molecule has 0 bridgehead atoms. The minimum atomic E-state index is -0.854. The van der Waals surface area contributed by atoms with Crippen molar-refractivity contribution in [2.45, 2.75) is 6.42 Å². The van der Waals surface area contributed by atoms with Crippen LogP contribution in [0.5, 0.6) is 0 Å². The van der Waals surface area contributed by atoms with Gasteiger partial charge in [0.05, 0.1) is 6.42 Å². The molecule has 0 aromatic heterocycles. The number of rotatable bonds is 3. The lowest BCUT2D eigenvalue weighted by atomic mass is 10.1. The summed E-state index contributed by atoms with van der Waals surface area (Å²) in [5.41, 5.74) is 1.49. The molecule has 2 nitrogen and oxygen atoms in total. The Morgan fingerprint density at radius 1 is 1.38 bits per heavy atom. The summed E-state index contributed by atoms with van der Waals surface area (Å²) in [6.45, 7) is 3.70. The fraction of sp³-hybridized carbons (Fsp3) is 0.100. The van der Waals surface area contributed by atoms with Crippen LogP contribution in [-0.4, -0.2) is 11.1 Å². The molecular formula is C10H9BrO2. The van der Waals surface area contributed by atoms with Crippen molar-refractivity contribution in [3.63, 3.8) is 0 Å². The molecule has 13 heavy (non-hydrogen) atoms. The summed E-state index contributed by atoms with van der Waals surface area (Å²) >= 11 is 3.30. The van der Waals surface area contributed by atoms with Crippen LogP contribution in [-0.2, 0) is 4.79 Å². The molecule has 0 spiro atoms. The van der Waals surface area contributed by atoms with Gasteiger partial charge in [-0.05, 0) is 23.3 Å². The molecule has 0 aliphatic carbocycles. The van der Waals surface area contributed by atoms with Crippen molar-refractivity contribution in [1.82, 2.24) is 0 Å². The standard InChI is InChI=1S/C10H9BrO2/c1-7(6-10(12)13)8-2-4-9(11)5-3-8/h2-5H,1,6H2,(H,12,13). The number of hydrogen-bond acceptors (Lipinski definition) is 1. The van der Waals surface area contributed by atoms with Crippen molar-refractivity contribution in [3.8, 4) is 0 Å². The third-order valence-electron chi connectivity index (χ3n) is 1.62. The molecule has 1 aromatic rings. The summed E-state index contributed by atoms with van der Waals surface area (Å²) in [7, 11) is 0. The average Bonchev–Trinajstić information content (AvgIpc) is 2.04. The van der Waals surface area contributed by atoms with Crippen molar-refractivity contribution in [2.75, 3.05) is 0 Å². The van der Waals surface area contributed by atoms with Gasteiger partial charge in [-0.2, -0.15) is 0 Å². The van der Waals surface area contributed by atoms with E-state index in [9.17, 15) is 4.79 Å². The molecule has 0 amide bonds. The molecule has 0 unspecified atom stereocenters. The first-order chi connectivity index (χ1) is 6.09. The van der Waals surface area contributed by atoms with Crippen molar-refractivity contribution in [1.29, 1.82) is 0 Å². The number of carboxylic acid groups (broad SMARTS) is 1. The molecular weight excluding hydrogens is 232 g/mol. The van der Waals surface area contributed by atoms with Crippen LogP contribution >= 0.6 is 15.9 Å². The van der Waals surface area contributed by atoms with Crippen LogP contribution < -0.4 is 0 Å². The van der Waals surface area contributed by atoms with Gasteiger partial charge in [-0.25, -0.2) is 0 Å². The van der Waals surface area contributed by atoms with Gasteiger partial charge in [0.15, 0.2) is 0 Å². The Morgan fingerprint density at radius 3 is 2.38 bits per heavy atom. The number of carboxylic acids is 1. The quantitative estimate of drug-likeness (QED) is 0.883. The lowest BCUT2D eigenvalue weighted by Gasteiger charge is -2.02. The molecule has 0 aliphatic rings. The smallest absolute Gasteiger partial charge is 0.307 e. The predicted molar refractivity (Wildman–Crippen MR) is 55.4 cm³/mol. The lowest BCUT2D eigenvalue weighted by Crippen LogP contribution is -1.95. The monoisotopic (exact) mass is 240 g/mol. The third-order valence-corrected chi connectivity index (χ3v) is 2.15. The maximum absolute atomic E-state index is 10.4. The van der Waals surface area contributed by atoms with Crippen LogP contribution in [0.15, 0.2) is 35.3 Å². The van der Waals surface area contributed by atoms with E-state index in [1.165, 1.54) is 0 Å². The van der Waals surface area contributed by atoms with Gasteiger partial charge in [0.1, 0.15) is 0 Å². The zero-order valence-electron chi connectivity index (χ0n) is 6.96. The number of benzene rings is 1. The molecule has 0 saturated carbocycles. The average molecular weight is 241 g/mol. The maximum Gasteiger partial charge on any atom is 0.307 e. The van der Waals surface area contributed by atoms with E-state index >= 15 is 0 Å². The van der Waals surface area contributed by atoms with E-state index in [0.717, 1.165) is 10.0 Å². The summed E-state index contributed by atoms with van der Waals surface area (Å²) < 4.78 is 0.972. The van der Waals surface area contributed by atoms with Crippen molar-refractivity contribution < 1.29 is 9.90 Å². The number of aliphatic carboxylic acids is 1. The molecule has 68 valence electrons. The van der Waals surface area contributed by atoms with E-state index in [4.69, 9.17) is 5.11 Å². The van der Waals surface area contributed by atoms with Gasteiger partial charge >= 0.3 is 5.97 Å². The first kappa shape index (κ1) is 9.99.